The second-order valence-corrected chi connectivity index (χ2v) is 5.21. The van der Waals surface area contributed by atoms with Crippen LogP contribution in [0.5, 0.6) is 0 Å². The summed E-state index contributed by atoms with van der Waals surface area (Å²) < 4.78 is 0. The van der Waals surface area contributed by atoms with Crippen LogP contribution in [0.4, 0.5) is 0 Å². The zero-order valence-corrected chi connectivity index (χ0v) is 12.9. The maximum atomic E-state index is 12.4. The highest BCUT2D eigenvalue weighted by Gasteiger charge is 2.28. The molecular weight excluding hydrogens is 276 g/mol. The van der Waals surface area contributed by atoms with Crippen LogP contribution in [0.3, 0.4) is 0 Å². The van der Waals surface area contributed by atoms with Crippen LogP contribution in [0.15, 0.2) is 6.07 Å². The summed E-state index contributed by atoms with van der Waals surface area (Å²) in [6, 6.07) is 2.02. The molecule has 2 rings (SSSR count). The summed E-state index contributed by atoms with van der Waals surface area (Å²) in [5.74, 6) is 0.366. The van der Waals surface area contributed by atoms with Crippen LogP contribution in [0.1, 0.15) is 47.9 Å². The van der Waals surface area contributed by atoms with Gasteiger partial charge in [0.15, 0.2) is 0 Å². The summed E-state index contributed by atoms with van der Waals surface area (Å²) in [7, 11) is 0. The Balaban J connectivity index is 0.00000200. The number of nitrogens with one attached hydrogen (secondary N) is 1. The highest BCUT2D eigenvalue weighted by Crippen LogP contribution is 2.25. The van der Waals surface area contributed by atoms with Crippen molar-refractivity contribution in [2.24, 2.45) is 11.7 Å². The lowest BCUT2D eigenvalue weighted by molar-refractivity contribution is 0.0927. The van der Waals surface area contributed by atoms with E-state index in [0.717, 1.165) is 30.7 Å². The number of aryl methyl sites for hydroxylation is 2. The SMILES string of the molecule is CCc1nnc(C)cc1C(=O)NC1CCCC1CN.Cl. The second-order valence-electron chi connectivity index (χ2n) is 5.21. The lowest BCUT2D eigenvalue weighted by Gasteiger charge is -2.20. The molecule has 0 spiro atoms. The fourth-order valence-corrected chi connectivity index (χ4v) is 2.73. The number of amides is 1. The van der Waals surface area contributed by atoms with Crippen molar-refractivity contribution in [3.05, 3.63) is 23.0 Å². The van der Waals surface area contributed by atoms with E-state index in [2.05, 4.69) is 15.5 Å². The molecule has 2 unspecified atom stereocenters. The van der Waals surface area contributed by atoms with Gasteiger partial charge in [0.2, 0.25) is 0 Å². The molecule has 0 aliphatic heterocycles. The molecule has 1 aliphatic carbocycles. The molecule has 3 N–H and O–H groups in total. The predicted octanol–water partition coefficient (Wildman–Crippen LogP) is 1.63. The third kappa shape index (κ3) is 3.67. The smallest absolute Gasteiger partial charge is 0.253 e. The molecule has 1 aliphatic rings. The van der Waals surface area contributed by atoms with Gasteiger partial charge >= 0.3 is 0 Å². The fraction of sp³-hybridized carbons (Fsp3) is 0.643. The van der Waals surface area contributed by atoms with Crippen molar-refractivity contribution >= 4 is 18.3 Å². The molecule has 1 saturated carbocycles. The van der Waals surface area contributed by atoms with Crippen molar-refractivity contribution in [2.45, 2.75) is 45.6 Å². The molecule has 5 nitrogen and oxygen atoms in total. The monoisotopic (exact) mass is 298 g/mol. The number of rotatable bonds is 4. The van der Waals surface area contributed by atoms with Crippen LogP contribution < -0.4 is 11.1 Å². The maximum Gasteiger partial charge on any atom is 0.253 e. The molecule has 1 aromatic heterocycles. The van der Waals surface area contributed by atoms with Crippen molar-refractivity contribution in [1.29, 1.82) is 0 Å². The molecule has 0 radical (unpaired) electrons. The number of hydrogen-bond donors (Lipinski definition) is 2. The lowest BCUT2D eigenvalue weighted by Crippen LogP contribution is -2.40. The Morgan fingerprint density at radius 1 is 1.45 bits per heavy atom. The molecule has 0 aromatic carbocycles. The zero-order chi connectivity index (χ0) is 13.8. The van der Waals surface area contributed by atoms with E-state index in [1.54, 1.807) is 0 Å². The lowest BCUT2D eigenvalue weighted by atomic mass is 10.0. The number of hydrogen-bond acceptors (Lipinski definition) is 4. The average molecular weight is 299 g/mol. The van der Waals surface area contributed by atoms with Gasteiger partial charge in [0, 0.05) is 6.04 Å². The zero-order valence-electron chi connectivity index (χ0n) is 12.1. The first-order valence-corrected chi connectivity index (χ1v) is 6.99. The Morgan fingerprint density at radius 3 is 2.85 bits per heavy atom. The van der Waals surface area contributed by atoms with E-state index in [4.69, 9.17) is 5.73 Å². The third-order valence-electron chi connectivity index (χ3n) is 3.85. The van der Waals surface area contributed by atoms with Gasteiger partial charge in [0.25, 0.3) is 5.91 Å². The van der Waals surface area contributed by atoms with Crippen LogP contribution in [0, 0.1) is 12.8 Å². The Kier molecular flexibility index (Phi) is 6.36. The molecule has 0 saturated heterocycles. The summed E-state index contributed by atoms with van der Waals surface area (Å²) in [6.07, 6.45) is 3.98. The number of carbonyl (C=O) groups excluding carboxylic acids is 1. The normalized spacial score (nSPS) is 21.4. The first-order valence-electron chi connectivity index (χ1n) is 6.99. The number of nitrogens with two attached hydrogens (primary N) is 1. The average Bonchev–Trinajstić information content (AvgIpc) is 2.85. The predicted molar refractivity (Wildman–Crippen MR) is 81.0 cm³/mol. The van der Waals surface area contributed by atoms with Crippen molar-refractivity contribution in [1.82, 2.24) is 15.5 Å². The minimum atomic E-state index is -0.0415. The van der Waals surface area contributed by atoms with Crippen LogP contribution in [0.2, 0.25) is 0 Å². The fourth-order valence-electron chi connectivity index (χ4n) is 2.73. The minimum absolute atomic E-state index is 0. The maximum absolute atomic E-state index is 12.4. The summed E-state index contributed by atoms with van der Waals surface area (Å²) in [4.78, 5) is 12.4. The minimum Gasteiger partial charge on any atom is -0.349 e. The molecule has 1 amide bonds. The van der Waals surface area contributed by atoms with E-state index in [9.17, 15) is 4.79 Å². The molecule has 1 fully saturated rings. The van der Waals surface area contributed by atoms with Gasteiger partial charge in [-0.3, -0.25) is 4.79 Å². The first kappa shape index (κ1) is 16.9. The van der Waals surface area contributed by atoms with E-state index < -0.39 is 0 Å². The van der Waals surface area contributed by atoms with E-state index in [0.29, 0.717) is 24.4 Å². The van der Waals surface area contributed by atoms with Crippen molar-refractivity contribution in [2.75, 3.05) is 6.54 Å². The Hall–Kier alpha value is -1.20. The van der Waals surface area contributed by atoms with E-state index >= 15 is 0 Å². The van der Waals surface area contributed by atoms with Crippen LogP contribution >= 0.6 is 12.4 Å². The quantitative estimate of drug-likeness (QED) is 0.885. The molecule has 1 heterocycles. The Bertz CT molecular complexity index is 466. The molecule has 6 heteroatoms. The largest absolute Gasteiger partial charge is 0.349 e. The highest BCUT2D eigenvalue weighted by molar-refractivity contribution is 5.95. The second kappa shape index (κ2) is 7.55. The van der Waals surface area contributed by atoms with Crippen molar-refractivity contribution in [3.63, 3.8) is 0 Å². The Labute approximate surface area is 126 Å². The summed E-state index contributed by atoms with van der Waals surface area (Å²) in [6.45, 7) is 4.47. The molecular formula is C14H23ClN4O. The van der Waals surface area contributed by atoms with Gasteiger partial charge in [-0.05, 0) is 44.7 Å². The van der Waals surface area contributed by atoms with Crippen LogP contribution in [-0.4, -0.2) is 28.7 Å². The van der Waals surface area contributed by atoms with Crippen molar-refractivity contribution < 1.29 is 4.79 Å². The number of carbonyl (C=O) groups is 1. The molecule has 2 atom stereocenters. The van der Waals surface area contributed by atoms with Gasteiger partial charge in [-0.15, -0.1) is 12.4 Å². The summed E-state index contributed by atoms with van der Waals surface area (Å²) in [5, 5.41) is 11.2. The van der Waals surface area contributed by atoms with Crippen molar-refractivity contribution in [3.8, 4) is 0 Å². The first-order chi connectivity index (χ1) is 9.15. The number of halogens is 1. The van der Waals surface area contributed by atoms with Gasteiger partial charge in [-0.1, -0.05) is 13.3 Å². The van der Waals surface area contributed by atoms with Gasteiger partial charge in [-0.25, -0.2) is 0 Å². The van der Waals surface area contributed by atoms with Gasteiger partial charge < -0.3 is 11.1 Å². The molecule has 1 aromatic rings. The van der Waals surface area contributed by atoms with Crippen LogP contribution in [-0.2, 0) is 6.42 Å². The van der Waals surface area contributed by atoms with Gasteiger partial charge in [-0.2, -0.15) is 10.2 Å². The summed E-state index contributed by atoms with van der Waals surface area (Å²) >= 11 is 0. The van der Waals surface area contributed by atoms with E-state index in [1.807, 2.05) is 19.9 Å². The topological polar surface area (TPSA) is 80.9 Å². The van der Waals surface area contributed by atoms with E-state index in [-0.39, 0.29) is 24.4 Å². The third-order valence-corrected chi connectivity index (χ3v) is 3.85. The van der Waals surface area contributed by atoms with E-state index in [1.165, 1.54) is 0 Å². The Morgan fingerprint density at radius 2 is 2.20 bits per heavy atom. The summed E-state index contributed by atoms with van der Waals surface area (Å²) in [5.41, 5.74) is 7.92. The molecule has 0 bridgehead atoms. The number of nitrogens with zero attached hydrogens (tertiary/aromatic N) is 2. The van der Waals surface area contributed by atoms with Crippen LogP contribution in [0.25, 0.3) is 0 Å². The van der Waals surface area contributed by atoms with Gasteiger partial charge in [0.05, 0.1) is 17.0 Å². The van der Waals surface area contributed by atoms with Gasteiger partial charge in [0.1, 0.15) is 0 Å². The number of aromatic nitrogens is 2. The molecule has 20 heavy (non-hydrogen) atoms. The standard InChI is InChI=1S/C14H22N4O.ClH/c1-3-12-11(7-9(2)17-18-12)14(19)16-13-6-4-5-10(13)8-15;/h7,10,13H,3-6,8,15H2,1-2H3,(H,16,19);1H. The molecule has 112 valence electrons. The highest BCUT2D eigenvalue weighted by atomic mass is 35.5.